The third-order valence-electron chi connectivity index (χ3n) is 3.37. The number of halogens is 1. The number of aryl methyl sites for hydroxylation is 3. The van der Waals surface area contributed by atoms with Crippen LogP contribution in [0, 0.1) is 20.8 Å². The Kier molecular flexibility index (Phi) is 4.63. The van der Waals surface area contributed by atoms with Gasteiger partial charge in [-0.25, -0.2) is 0 Å². The lowest BCUT2D eigenvalue weighted by molar-refractivity contribution is 0.559. The van der Waals surface area contributed by atoms with Crippen molar-refractivity contribution >= 4 is 22.9 Å². The van der Waals surface area contributed by atoms with E-state index in [0.29, 0.717) is 0 Å². The number of rotatable bonds is 4. The van der Waals surface area contributed by atoms with Gasteiger partial charge in [-0.05, 0) is 49.3 Å². The molecular formula is C15H19ClN2S. The van der Waals surface area contributed by atoms with E-state index in [4.69, 9.17) is 17.4 Å². The summed E-state index contributed by atoms with van der Waals surface area (Å²) in [4.78, 5) is 1.11. The average molecular weight is 295 g/mol. The van der Waals surface area contributed by atoms with Crippen LogP contribution in [0.1, 0.15) is 33.2 Å². The summed E-state index contributed by atoms with van der Waals surface area (Å²) < 4.78 is 0. The molecule has 1 unspecified atom stereocenters. The molecule has 0 spiro atoms. The summed E-state index contributed by atoms with van der Waals surface area (Å²) >= 11 is 8.00. The largest absolute Gasteiger partial charge is 0.271 e. The van der Waals surface area contributed by atoms with Crippen LogP contribution >= 0.6 is 22.9 Å². The lowest BCUT2D eigenvalue weighted by Gasteiger charge is -2.17. The number of hydrazine groups is 1. The van der Waals surface area contributed by atoms with Crippen LogP contribution in [0.15, 0.2) is 23.6 Å². The second kappa shape index (κ2) is 6.06. The molecule has 4 heteroatoms. The monoisotopic (exact) mass is 294 g/mol. The van der Waals surface area contributed by atoms with Crippen LogP contribution in [0.5, 0.6) is 0 Å². The zero-order valence-electron chi connectivity index (χ0n) is 11.5. The zero-order valence-corrected chi connectivity index (χ0v) is 13.0. The average Bonchev–Trinajstić information content (AvgIpc) is 2.71. The maximum atomic E-state index is 6.33. The van der Waals surface area contributed by atoms with Crippen molar-refractivity contribution in [1.82, 2.24) is 5.43 Å². The maximum absolute atomic E-state index is 6.33. The van der Waals surface area contributed by atoms with E-state index in [1.165, 1.54) is 16.7 Å². The van der Waals surface area contributed by atoms with Crippen molar-refractivity contribution in [3.05, 3.63) is 55.7 Å². The third kappa shape index (κ3) is 3.18. The summed E-state index contributed by atoms with van der Waals surface area (Å²) in [5, 5.41) is 2.91. The second-order valence-corrected chi connectivity index (χ2v) is 6.24. The van der Waals surface area contributed by atoms with Crippen molar-refractivity contribution in [1.29, 1.82) is 0 Å². The number of hydrogen-bond acceptors (Lipinski definition) is 3. The van der Waals surface area contributed by atoms with E-state index in [0.717, 1.165) is 21.9 Å². The Bertz CT molecular complexity index is 578. The van der Waals surface area contributed by atoms with Gasteiger partial charge in [0.2, 0.25) is 0 Å². The highest BCUT2D eigenvalue weighted by Crippen LogP contribution is 2.34. The Hall–Kier alpha value is -0.870. The van der Waals surface area contributed by atoms with Crippen LogP contribution in [0.25, 0.3) is 0 Å². The molecule has 2 aromatic rings. The van der Waals surface area contributed by atoms with E-state index in [1.807, 2.05) is 6.92 Å². The molecule has 1 aromatic carbocycles. The van der Waals surface area contributed by atoms with Gasteiger partial charge in [-0.3, -0.25) is 11.3 Å². The molecule has 0 aliphatic carbocycles. The highest BCUT2D eigenvalue weighted by molar-refractivity contribution is 7.10. The molecule has 3 N–H and O–H groups in total. The standard InChI is InChI=1S/C15H19ClN2S/c1-9-4-5-10(2)12(6-9)7-13(18-17)15-14(16)11(3)8-19-15/h4-6,8,13,18H,7,17H2,1-3H3. The van der Waals surface area contributed by atoms with Gasteiger partial charge in [-0.15, -0.1) is 11.3 Å². The fourth-order valence-electron chi connectivity index (χ4n) is 2.15. The van der Waals surface area contributed by atoms with Gasteiger partial charge in [0.25, 0.3) is 0 Å². The first-order chi connectivity index (χ1) is 9.02. The van der Waals surface area contributed by atoms with Crippen LogP contribution in [-0.2, 0) is 6.42 Å². The Morgan fingerprint density at radius 2 is 2.00 bits per heavy atom. The Morgan fingerprint density at radius 3 is 2.58 bits per heavy atom. The lowest BCUT2D eigenvalue weighted by atomic mass is 9.98. The number of thiophene rings is 1. The molecule has 0 radical (unpaired) electrons. The summed E-state index contributed by atoms with van der Waals surface area (Å²) in [5.74, 6) is 5.72. The molecule has 2 nitrogen and oxygen atoms in total. The maximum Gasteiger partial charge on any atom is 0.0608 e. The number of hydrogen-bond donors (Lipinski definition) is 2. The fourth-order valence-corrected chi connectivity index (χ4v) is 3.54. The van der Waals surface area contributed by atoms with E-state index in [1.54, 1.807) is 11.3 Å². The molecule has 0 aliphatic heterocycles. The van der Waals surface area contributed by atoms with Crippen LogP contribution < -0.4 is 11.3 Å². The van der Waals surface area contributed by atoms with Crippen molar-refractivity contribution in [3.63, 3.8) is 0 Å². The van der Waals surface area contributed by atoms with Gasteiger partial charge in [0.05, 0.1) is 11.1 Å². The van der Waals surface area contributed by atoms with Crippen LogP contribution in [0.2, 0.25) is 5.02 Å². The molecule has 0 saturated heterocycles. The Labute approximate surface area is 123 Å². The van der Waals surface area contributed by atoms with E-state index in [2.05, 4.69) is 42.9 Å². The Morgan fingerprint density at radius 1 is 1.26 bits per heavy atom. The Balaban J connectivity index is 2.29. The molecule has 0 fully saturated rings. The molecule has 19 heavy (non-hydrogen) atoms. The van der Waals surface area contributed by atoms with Gasteiger partial charge in [0.1, 0.15) is 0 Å². The predicted molar refractivity (Wildman–Crippen MR) is 83.8 cm³/mol. The molecule has 0 saturated carbocycles. The first-order valence-corrected chi connectivity index (χ1v) is 7.54. The highest BCUT2D eigenvalue weighted by Gasteiger charge is 2.18. The fraction of sp³-hybridized carbons (Fsp3) is 0.333. The van der Waals surface area contributed by atoms with Crippen molar-refractivity contribution in [2.24, 2.45) is 5.84 Å². The molecule has 0 aliphatic rings. The highest BCUT2D eigenvalue weighted by atomic mass is 35.5. The third-order valence-corrected chi connectivity index (χ3v) is 5.20. The molecular weight excluding hydrogens is 276 g/mol. The van der Waals surface area contributed by atoms with E-state index in [9.17, 15) is 0 Å². The number of benzene rings is 1. The summed E-state index contributed by atoms with van der Waals surface area (Å²) in [6.45, 7) is 6.26. The van der Waals surface area contributed by atoms with Gasteiger partial charge in [-0.2, -0.15) is 0 Å². The van der Waals surface area contributed by atoms with Crippen LogP contribution in [-0.4, -0.2) is 0 Å². The normalized spacial score (nSPS) is 12.7. The van der Waals surface area contributed by atoms with Gasteiger partial charge < -0.3 is 0 Å². The van der Waals surface area contributed by atoms with Crippen molar-refractivity contribution in [2.45, 2.75) is 33.2 Å². The summed E-state index contributed by atoms with van der Waals surface area (Å²) in [6, 6.07) is 6.56. The minimum Gasteiger partial charge on any atom is -0.271 e. The first-order valence-electron chi connectivity index (χ1n) is 6.28. The second-order valence-electron chi connectivity index (χ2n) is 4.95. The van der Waals surface area contributed by atoms with E-state index in [-0.39, 0.29) is 6.04 Å². The first kappa shape index (κ1) is 14.5. The van der Waals surface area contributed by atoms with Gasteiger partial charge >= 0.3 is 0 Å². The topological polar surface area (TPSA) is 38.0 Å². The summed E-state index contributed by atoms with van der Waals surface area (Å²) in [6.07, 6.45) is 0.851. The zero-order chi connectivity index (χ0) is 14.0. The molecule has 102 valence electrons. The van der Waals surface area contributed by atoms with Crippen LogP contribution in [0.3, 0.4) is 0 Å². The molecule has 0 bridgehead atoms. The smallest absolute Gasteiger partial charge is 0.0608 e. The SMILES string of the molecule is Cc1ccc(C)c(CC(NN)c2scc(C)c2Cl)c1. The van der Waals surface area contributed by atoms with Crippen molar-refractivity contribution in [3.8, 4) is 0 Å². The van der Waals surface area contributed by atoms with Crippen LogP contribution in [0.4, 0.5) is 0 Å². The molecule has 1 aromatic heterocycles. The molecule has 0 amide bonds. The number of nitrogens with two attached hydrogens (primary N) is 1. The minimum absolute atomic E-state index is 0.0618. The van der Waals surface area contributed by atoms with Crippen molar-refractivity contribution < 1.29 is 0 Å². The summed E-state index contributed by atoms with van der Waals surface area (Å²) in [7, 11) is 0. The van der Waals surface area contributed by atoms with Gasteiger partial charge in [-0.1, -0.05) is 35.4 Å². The summed E-state index contributed by atoms with van der Waals surface area (Å²) in [5.41, 5.74) is 7.87. The van der Waals surface area contributed by atoms with E-state index >= 15 is 0 Å². The predicted octanol–water partition coefficient (Wildman–Crippen LogP) is 4.07. The van der Waals surface area contributed by atoms with Gasteiger partial charge in [0, 0.05) is 4.88 Å². The lowest BCUT2D eigenvalue weighted by Crippen LogP contribution is -2.29. The molecule has 2 rings (SSSR count). The minimum atomic E-state index is 0.0618. The van der Waals surface area contributed by atoms with Crippen molar-refractivity contribution in [2.75, 3.05) is 0 Å². The van der Waals surface area contributed by atoms with E-state index < -0.39 is 0 Å². The molecule has 1 heterocycles. The molecule has 1 atom stereocenters. The quantitative estimate of drug-likeness (QED) is 0.659. The number of nitrogens with one attached hydrogen (secondary N) is 1. The van der Waals surface area contributed by atoms with Gasteiger partial charge in [0.15, 0.2) is 0 Å².